The number of carbonyl (C=O) groups is 1. The Kier molecular flexibility index (Phi) is 4.85. The number of hydrogen-bond acceptors (Lipinski definition) is 4. The van der Waals surface area contributed by atoms with Crippen molar-refractivity contribution in [1.29, 1.82) is 0 Å². The Hall–Kier alpha value is -1.62. The molecule has 1 aliphatic carbocycles. The first-order chi connectivity index (χ1) is 11.2. The van der Waals surface area contributed by atoms with Crippen LogP contribution in [0.5, 0.6) is 5.75 Å². The standard InChI is InChI=1S/C18H24FNO3/c1-3-9-20(12-5-4-6-12)13-10-15-14(18(21)22-2)7-8-16(19)17(15)23-11-13/h7-8,12-13H,3-6,9-11H2,1-2H3. The highest BCUT2D eigenvalue weighted by Gasteiger charge is 2.35. The molecule has 3 rings (SSSR count). The zero-order valence-electron chi connectivity index (χ0n) is 13.8. The van der Waals surface area contributed by atoms with Crippen LogP contribution in [0.25, 0.3) is 0 Å². The molecule has 1 unspecified atom stereocenters. The molecule has 0 amide bonds. The van der Waals surface area contributed by atoms with Crippen LogP contribution in [0.1, 0.15) is 48.5 Å². The normalized spacial score (nSPS) is 20.6. The summed E-state index contributed by atoms with van der Waals surface area (Å²) in [5.41, 5.74) is 1.06. The largest absolute Gasteiger partial charge is 0.489 e. The summed E-state index contributed by atoms with van der Waals surface area (Å²) in [4.78, 5) is 14.5. The van der Waals surface area contributed by atoms with Gasteiger partial charge in [-0.05, 0) is 44.4 Å². The summed E-state index contributed by atoms with van der Waals surface area (Å²) in [6.45, 7) is 3.66. The lowest BCUT2D eigenvalue weighted by atomic mass is 9.88. The zero-order chi connectivity index (χ0) is 16.4. The van der Waals surface area contributed by atoms with Crippen molar-refractivity contribution >= 4 is 5.97 Å². The number of benzene rings is 1. The van der Waals surface area contributed by atoms with Crippen molar-refractivity contribution in [3.8, 4) is 5.75 Å². The van der Waals surface area contributed by atoms with E-state index in [2.05, 4.69) is 11.8 Å². The van der Waals surface area contributed by atoms with Crippen LogP contribution in [0.2, 0.25) is 0 Å². The quantitative estimate of drug-likeness (QED) is 0.781. The van der Waals surface area contributed by atoms with Crippen molar-refractivity contribution in [1.82, 2.24) is 4.90 Å². The smallest absolute Gasteiger partial charge is 0.338 e. The van der Waals surface area contributed by atoms with Gasteiger partial charge in [-0.3, -0.25) is 4.90 Å². The van der Waals surface area contributed by atoms with E-state index in [0.717, 1.165) is 13.0 Å². The lowest BCUT2D eigenvalue weighted by molar-refractivity contribution is 0.0422. The molecular formula is C18H24FNO3. The predicted molar refractivity (Wildman–Crippen MR) is 85.4 cm³/mol. The molecule has 1 atom stereocenters. The molecular weight excluding hydrogens is 297 g/mol. The second-order valence-electron chi connectivity index (χ2n) is 6.39. The Morgan fingerprint density at radius 2 is 2.17 bits per heavy atom. The first-order valence-electron chi connectivity index (χ1n) is 8.44. The molecule has 4 nitrogen and oxygen atoms in total. The van der Waals surface area contributed by atoms with Gasteiger partial charge in [0.05, 0.1) is 12.7 Å². The van der Waals surface area contributed by atoms with E-state index in [0.29, 0.717) is 30.2 Å². The van der Waals surface area contributed by atoms with Crippen LogP contribution in [0, 0.1) is 5.82 Å². The van der Waals surface area contributed by atoms with Gasteiger partial charge in [0.25, 0.3) is 0 Å². The molecule has 0 spiro atoms. The summed E-state index contributed by atoms with van der Waals surface area (Å²) in [7, 11) is 1.34. The predicted octanol–water partition coefficient (Wildman–Crippen LogP) is 3.18. The summed E-state index contributed by atoms with van der Waals surface area (Å²) >= 11 is 0. The summed E-state index contributed by atoms with van der Waals surface area (Å²) in [5, 5.41) is 0. The maximum atomic E-state index is 14.0. The Morgan fingerprint density at radius 3 is 2.78 bits per heavy atom. The van der Waals surface area contributed by atoms with Gasteiger partial charge >= 0.3 is 5.97 Å². The zero-order valence-corrected chi connectivity index (χ0v) is 13.8. The third-order valence-corrected chi connectivity index (χ3v) is 4.97. The van der Waals surface area contributed by atoms with E-state index in [1.54, 1.807) is 0 Å². The average Bonchev–Trinajstić information content (AvgIpc) is 2.52. The van der Waals surface area contributed by atoms with E-state index in [1.807, 2.05) is 0 Å². The topological polar surface area (TPSA) is 38.8 Å². The highest BCUT2D eigenvalue weighted by Crippen LogP contribution is 2.35. The number of esters is 1. The number of rotatable bonds is 5. The molecule has 126 valence electrons. The molecule has 1 aromatic rings. The van der Waals surface area contributed by atoms with E-state index < -0.39 is 11.8 Å². The Balaban J connectivity index is 1.88. The van der Waals surface area contributed by atoms with Gasteiger partial charge in [-0.15, -0.1) is 0 Å². The minimum atomic E-state index is -0.434. The molecule has 5 heteroatoms. The van der Waals surface area contributed by atoms with Crippen molar-refractivity contribution in [2.75, 3.05) is 20.3 Å². The van der Waals surface area contributed by atoms with E-state index in [4.69, 9.17) is 9.47 Å². The van der Waals surface area contributed by atoms with Gasteiger partial charge in [-0.1, -0.05) is 13.3 Å². The molecule has 1 fully saturated rings. The summed E-state index contributed by atoms with van der Waals surface area (Å²) < 4.78 is 24.6. The van der Waals surface area contributed by atoms with Gasteiger partial charge in [0, 0.05) is 17.6 Å². The lowest BCUT2D eigenvalue weighted by Gasteiger charge is -2.44. The monoisotopic (exact) mass is 321 g/mol. The van der Waals surface area contributed by atoms with Crippen molar-refractivity contribution in [2.45, 2.75) is 51.1 Å². The number of halogens is 1. The van der Waals surface area contributed by atoms with E-state index in [9.17, 15) is 9.18 Å². The molecule has 0 saturated heterocycles. The fraction of sp³-hybridized carbons (Fsp3) is 0.611. The average molecular weight is 321 g/mol. The number of hydrogen-bond donors (Lipinski definition) is 0. The van der Waals surface area contributed by atoms with Crippen molar-refractivity contribution in [2.24, 2.45) is 0 Å². The molecule has 0 aromatic heterocycles. The maximum absolute atomic E-state index is 14.0. The van der Waals surface area contributed by atoms with Gasteiger partial charge < -0.3 is 9.47 Å². The van der Waals surface area contributed by atoms with Crippen LogP contribution in [-0.4, -0.2) is 43.2 Å². The molecule has 1 aliphatic heterocycles. The second-order valence-corrected chi connectivity index (χ2v) is 6.39. The first-order valence-corrected chi connectivity index (χ1v) is 8.44. The molecule has 0 N–H and O–H groups in total. The summed E-state index contributed by atoms with van der Waals surface area (Å²) in [6, 6.07) is 3.57. The second kappa shape index (κ2) is 6.87. The van der Waals surface area contributed by atoms with Gasteiger partial charge in [-0.2, -0.15) is 0 Å². The molecule has 0 bridgehead atoms. The Bertz CT molecular complexity index is 586. The summed E-state index contributed by atoms with van der Waals surface area (Å²) in [6.07, 6.45) is 5.42. The van der Waals surface area contributed by atoms with Gasteiger partial charge in [-0.25, -0.2) is 9.18 Å². The highest BCUT2D eigenvalue weighted by molar-refractivity contribution is 5.92. The SMILES string of the molecule is CCCN(C1CCC1)C1COc2c(F)ccc(C(=O)OC)c2C1. The van der Waals surface area contributed by atoms with Crippen molar-refractivity contribution in [3.63, 3.8) is 0 Å². The first kappa shape index (κ1) is 16.2. The third kappa shape index (κ3) is 3.07. The van der Waals surface area contributed by atoms with Crippen LogP contribution >= 0.6 is 0 Å². The van der Waals surface area contributed by atoms with E-state index in [1.165, 1.54) is 38.5 Å². The Morgan fingerprint density at radius 1 is 1.39 bits per heavy atom. The van der Waals surface area contributed by atoms with Crippen molar-refractivity contribution < 1.29 is 18.7 Å². The highest BCUT2D eigenvalue weighted by atomic mass is 19.1. The van der Waals surface area contributed by atoms with Crippen LogP contribution in [0.15, 0.2) is 12.1 Å². The van der Waals surface area contributed by atoms with E-state index >= 15 is 0 Å². The Labute approximate surface area is 136 Å². The number of methoxy groups -OCH3 is 1. The number of carbonyl (C=O) groups excluding carboxylic acids is 1. The molecule has 2 aliphatic rings. The van der Waals surface area contributed by atoms with Gasteiger partial charge in [0.15, 0.2) is 11.6 Å². The van der Waals surface area contributed by atoms with Gasteiger partial charge in [0.1, 0.15) is 6.61 Å². The minimum Gasteiger partial charge on any atom is -0.489 e. The molecule has 0 radical (unpaired) electrons. The van der Waals surface area contributed by atoms with Gasteiger partial charge in [0.2, 0.25) is 0 Å². The third-order valence-electron chi connectivity index (χ3n) is 4.97. The minimum absolute atomic E-state index is 0.193. The van der Waals surface area contributed by atoms with Crippen LogP contribution in [0.4, 0.5) is 4.39 Å². The van der Waals surface area contributed by atoms with Crippen LogP contribution < -0.4 is 4.74 Å². The molecule has 23 heavy (non-hydrogen) atoms. The van der Waals surface area contributed by atoms with Crippen molar-refractivity contribution in [3.05, 3.63) is 29.1 Å². The fourth-order valence-corrected chi connectivity index (χ4v) is 3.59. The fourth-order valence-electron chi connectivity index (χ4n) is 3.59. The molecule has 1 saturated carbocycles. The lowest BCUT2D eigenvalue weighted by Crippen LogP contribution is -2.51. The summed E-state index contributed by atoms with van der Waals surface area (Å²) in [5.74, 6) is -0.623. The van der Waals surface area contributed by atoms with E-state index in [-0.39, 0.29) is 11.8 Å². The number of nitrogens with zero attached hydrogens (tertiary/aromatic N) is 1. The van der Waals surface area contributed by atoms with Crippen LogP contribution in [0.3, 0.4) is 0 Å². The number of ether oxygens (including phenoxy) is 2. The number of fused-ring (bicyclic) bond motifs is 1. The molecule has 1 heterocycles. The molecule has 1 aromatic carbocycles. The van der Waals surface area contributed by atoms with Crippen LogP contribution in [-0.2, 0) is 11.2 Å². The maximum Gasteiger partial charge on any atom is 0.338 e.